The van der Waals surface area contributed by atoms with Gasteiger partial charge in [-0.15, -0.1) is 0 Å². The van der Waals surface area contributed by atoms with Crippen LogP contribution in [-0.4, -0.2) is 19.1 Å². The van der Waals surface area contributed by atoms with Crippen molar-refractivity contribution >= 4 is 37.8 Å². The molecule has 0 heterocycles. The van der Waals surface area contributed by atoms with Crippen molar-refractivity contribution in [1.29, 1.82) is 0 Å². The standard InChI is InChI=1S/C20H24Br2N2O2/c1-3-8-24-20(25)16-7-5-6-14(9-16)12-23-13-15-10-17(21)19(26-4-2)18(22)11-15/h5-7,9-11,23H,3-4,8,12-13H2,1-2H3,(H,24,25). The van der Waals surface area contributed by atoms with Crippen LogP contribution in [0.3, 0.4) is 0 Å². The lowest BCUT2D eigenvalue weighted by Crippen LogP contribution is -2.24. The van der Waals surface area contributed by atoms with E-state index in [0.29, 0.717) is 25.3 Å². The van der Waals surface area contributed by atoms with Crippen LogP contribution in [-0.2, 0) is 13.1 Å². The summed E-state index contributed by atoms with van der Waals surface area (Å²) in [5.74, 6) is 0.801. The molecule has 140 valence electrons. The molecule has 0 aliphatic rings. The second-order valence-corrected chi connectivity index (χ2v) is 7.59. The number of hydrogen-bond acceptors (Lipinski definition) is 3. The van der Waals surface area contributed by atoms with Crippen molar-refractivity contribution in [1.82, 2.24) is 10.6 Å². The van der Waals surface area contributed by atoms with Crippen LogP contribution in [0.25, 0.3) is 0 Å². The molecule has 4 nitrogen and oxygen atoms in total. The maximum atomic E-state index is 12.1. The highest BCUT2D eigenvalue weighted by Gasteiger charge is 2.09. The lowest BCUT2D eigenvalue weighted by molar-refractivity contribution is 0.0953. The van der Waals surface area contributed by atoms with E-state index in [4.69, 9.17) is 4.74 Å². The van der Waals surface area contributed by atoms with Gasteiger partial charge in [-0.2, -0.15) is 0 Å². The van der Waals surface area contributed by atoms with E-state index in [-0.39, 0.29) is 5.91 Å². The molecule has 6 heteroatoms. The Balaban J connectivity index is 1.95. The third kappa shape index (κ3) is 6.11. The van der Waals surface area contributed by atoms with E-state index in [9.17, 15) is 4.79 Å². The minimum Gasteiger partial charge on any atom is -0.492 e. The number of ether oxygens (including phenoxy) is 1. The molecule has 0 bridgehead atoms. The monoisotopic (exact) mass is 482 g/mol. The number of hydrogen-bond donors (Lipinski definition) is 2. The molecule has 1 amide bonds. The van der Waals surface area contributed by atoms with E-state index in [0.717, 1.165) is 38.8 Å². The van der Waals surface area contributed by atoms with Crippen molar-refractivity contribution in [3.05, 3.63) is 62.0 Å². The summed E-state index contributed by atoms with van der Waals surface area (Å²) in [4.78, 5) is 12.1. The van der Waals surface area contributed by atoms with Crippen molar-refractivity contribution in [2.24, 2.45) is 0 Å². The van der Waals surface area contributed by atoms with Crippen molar-refractivity contribution < 1.29 is 9.53 Å². The summed E-state index contributed by atoms with van der Waals surface area (Å²) < 4.78 is 7.47. The summed E-state index contributed by atoms with van der Waals surface area (Å²) in [6.07, 6.45) is 0.931. The zero-order valence-electron chi connectivity index (χ0n) is 15.1. The topological polar surface area (TPSA) is 50.4 Å². The fraction of sp³-hybridized carbons (Fsp3) is 0.350. The molecule has 2 rings (SSSR count). The van der Waals surface area contributed by atoms with Gasteiger partial charge in [-0.25, -0.2) is 0 Å². The van der Waals surface area contributed by atoms with Crippen LogP contribution < -0.4 is 15.4 Å². The minimum atomic E-state index is -0.0203. The van der Waals surface area contributed by atoms with Gasteiger partial charge in [-0.05, 0) is 80.6 Å². The summed E-state index contributed by atoms with van der Waals surface area (Å²) in [7, 11) is 0. The Kier molecular flexibility index (Phi) is 8.62. The van der Waals surface area contributed by atoms with Crippen LogP contribution in [0.15, 0.2) is 45.3 Å². The van der Waals surface area contributed by atoms with Crippen LogP contribution >= 0.6 is 31.9 Å². The quantitative estimate of drug-likeness (QED) is 0.525. The second kappa shape index (κ2) is 10.7. The van der Waals surface area contributed by atoms with Gasteiger partial charge in [0.25, 0.3) is 5.91 Å². The fourth-order valence-electron chi connectivity index (χ4n) is 2.51. The van der Waals surface area contributed by atoms with Crippen LogP contribution in [0.4, 0.5) is 0 Å². The van der Waals surface area contributed by atoms with Gasteiger partial charge in [0.1, 0.15) is 5.75 Å². The number of carbonyl (C=O) groups is 1. The highest BCUT2D eigenvalue weighted by molar-refractivity contribution is 9.11. The zero-order chi connectivity index (χ0) is 18.9. The van der Waals surface area contributed by atoms with E-state index >= 15 is 0 Å². The van der Waals surface area contributed by atoms with Gasteiger partial charge in [0, 0.05) is 25.2 Å². The Morgan fingerprint density at radius 1 is 1.04 bits per heavy atom. The molecule has 0 saturated heterocycles. The van der Waals surface area contributed by atoms with Gasteiger partial charge < -0.3 is 15.4 Å². The number of nitrogens with one attached hydrogen (secondary N) is 2. The molecule has 2 aromatic carbocycles. The van der Waals surface area contributed by atoms with E-state index < -0.39 is 0 Å². The second-order valence-electron chi connectivity index (χ2n) is 5.88. The Morgan fingerprint density at radius 2 is 1.73 bits per heavy atom. The van der Waals surface area contributed by atoms with E-state index in [1.165, 1.54) is 0 Å². The average Bonchev–Trinajstić information content (AvgIpc) is 2.63. The predicted molar refractivity (Wildman–Crippen MR) is 113 cm³/mol. The van der Waals surface area contributed by atoms with Gasteiger partial charge in [0.15, 0.2) is 0 Å². The molecule has 0 unspecified atom stereocenters. The van der Waals surface area contributed by atoms with E-state index in [1.807, 2.05) is 38.1 Å². The maximum absolute atomic E-state index is 12.1. The molecule has 0 fully saturated rings. The molecule has 0 radical (unpaired) electrons. The molecule has 0 aliphatic heterocycles. The van der Waals surface area contributed by atoms with E-state index in [1.54, 1.807) is 0 Å². The number of halogens is 2. The highest BCUT2D eigenvalue weighted by atomic mass is 79.9. The molecule has 2 N–H and O–H groups in total. The summed E-state index contributed by atoms with van der Waals surface area (Å²) >= 11 is 7.11. The first-order valence-electron chi connectivity index (χ1n) is 8.73. The van der Waals surface area contributed by atoms with Crippen molar-refractivity contribution in [2.75, 3.05) is 13.2 Å². The molecule has 26 heavy (non-hydrogen) atoms. The normalized spacial score (nSPS) is 10.6. The third-order valence-electron chi connectivity index (χ3n) is 3.73. The third-order valence-corrected chi connectivity index (χ3v) is 4.91. The zero-order valence-corrected chi connectivity index (χ0v) is 18.2. The molecule has 0 aromatic heterocycles. The largest absolute Gasteiger partial charge is 0.492 e. The van der Waals surface area contributed by atoms with Crippen molar-refractivity contribution in [3.8, 4) is 5.75 Å². The molecular formula is C20H24Br2N2O2. The Hall–Kier alpha value is -1.37. The lowest BCUT2D eigenvalue weighted by atomic mass is 10.1. The van der Waals surface area contributed by atoms with E-state index in [2.05, 4.69) is 54.6 Å². The molecule has 0 spiro atoms. The first kappa shape index (κ1) is 20.9. The molecule has 0 atom stereocenters. The van der Waals surface area contributed by atoms with Crippen LogP contribution in [0.1, 0.15) is 41.8 Å². The lowest BCUT2D eigenvalue weighted by Gasteiger charge is -2.12. The van der Waals surface area contributed by atoms with Gasteiger partial charge in [-0.1, -0.05) is 19.1 Å². The molecule has 0 saturated carbocycles. The number of benzene rings is 2. The first-order chi connectivity index (χ1) is 12.5. The van der Waals surface area contributed by atoms with Crippen molar-refractivity contribution in [2.45, 2.75) is 33.4 Å². The first-order valence-corrected chi connectivity index (χ1v) is 10.3. The van der Waals surface area contributed by atoms with Gasteiger partial charge in [-0.3, -0.25) is 4.79 Å². The minimum absolute atomic E-state index is 0.0203. The molecular weight excluding hydrogens is 460 g/mol. The Morgan fingerprint density at radius 3 is 2.38 bits per heavy atom. The van der Waals surface area contributed by atoms with Crippen LogP contribution in [0.2, 0.25) is 0 Å². The SMILES string of the molecule is CCCNC(=O)c1cccc(CNCc2cc(Br)c(OCC)c(Br)c2)c1. The molecule has 0 aliphatic carbocycles. The average molecular weight is 484 g/mol. The number of carbonyl (C=O) groups excluding carboxylic acids is 1. The maximum Gasteiger partial charge on any atom is 0.251 e. The predicted octanol–water partition coefficient (Wildman–Crippen LogP) is 5.04. The van der Waals surface area contributed by atoms with Gasteiger partial charge >= 0.3 is 0 Å². The summed E-state index contributed by atoms with van der Waals surface area (Å²) in [5.41, 5.74) is 2.92. The Labute approximate surface area is 172 Å². The number of rotatable bonds is 9. The highest BCUT2D eigenvalue weighted by Crippen LogP contribution is 2.34. The van der Waals surface area contributed by atoms with Crippen LogP contribution in [0, 0.1) is 0 Å². The number of amides is 1. The van der Waals surface area contributed by atoms with Gasteiger partial charge in [0.05, 0.1) is 15.6 Å². The smallest absolute Gasteiger partial charge is 0.251 e. The summed E-state index contributed by atoms with van der Waals surface area (Å²) in [6, 6.07) is 11.8. The van der Waals surface area contributed by atoms with Crippen LogP contribution in [0.5, 0.6) is 5.75 Å². The van der Waals surface area contributed by atoms with Crippen molar-refractivity contribution in [3.63, 3.8) is 0 Å². The Bertz CT molecular complexity index is 727. The summed E-state index contributed by atoms with van der Waals surface area (Å²) in [5, 5.41) is 6.32. The van der Waals surface area contributed by atoms with Gasteiger partial charge in [0.2, 0.25) is 0 Å². The molecule has 2 aromatic rings. The fourth-order valence-corrected chi connectivity index (χ4v) is 4.02. The summed E-state index contributed by atoms with van der Waals surface area (Å²) in [6.45, 7) is 6.73.